The van der Waals surface area contributed by atoms with Gasteiger partial charge in [0, 0.05) is 6.42 Å². The molecule has 0 bridgehead atoms. The number of aliphatic hydroxyl groups is 4. The molecular formula is C24H44O7. The molecule has 1 aliphatic heterocycles. The van der Waals surface area contributed by atoms with E-state index >= 15 is 0 Å². The van der Waals surface area contributed by atoms with Crippen LogP contribution < -0.4 is 0 Å². The maximum absolute atomic E-state index is 11.8. The van der Waals surface area contributed by atoms with Crippen molar-refractivity contribution >= 4 is 5.97 Å². The van der Waals surface area contributed by atoms with Crippen LogP contribution in [0.5, 0.6) is 0 Å². The molecule has 5 atom stereocenters. The van der Waals surface area contributed by atoms with E-state index in [-0.39, 0.29) is 13.0 Å². The van der Waals surface area contributed by atoms with Crippen molar-refractivity contribution in [2.45, 2.75) is 128 Å². The standard InChI is InChI=1S/C24H44O7/c1-2-3-4-5-6-7-8-9-10-11-12-13-14-15-16-17-20(25)30-18-19-21(26)22(27)23(28)24(29)31-19/h9-10,19,21-24,26-29H,2-8,11-18H2,1H3/b10-9-/t19-,21-,22+,23-,24?/m1/s1. The van der Waals surface area contributed by atoms with Crippen LogP contribution in [0.15, 0.2) is 12.2 Å². The van der Waals surface area contributed by atoms with Gasteiger partial charge in [-0.15, -0.1) is 0 Å². The summed E-state index contributed by atoms with van der Waals surface area (Å²) in [5.41, 5.74) is 0. The highest BCUT2D eigenvalue weighted by Gasteiger charge is 2.43. The fraction of sp³-hybridized carbons (Fsp3) is 0.875. The largest absolute Gasteiger partial charge is 0.463 e. The summed E-state index contributed by atoms with van der Waals surface area (Å²) in [6.07, 6.45) is 13.1. The van der Waals surface area contributed by atoms with Gasteiger partial charge in [0.15, 0.2) is 6.29 Å². The lowest BCUT2D eigenvalue weighted by molar-refractivity contribution is -0.287. The Kier molecular flexibility index (Phi) is 15.9. The maximum atomic E-state index is 11.8. The molecule has 31 heavy (non-hydrogen) atoms. The van der Waals surface area contributed by atoms with Crippen LogP contribution in [-0.4, -0.2) is 63.7 Å². The lowest BCUT2D eigenvalue weighted by Crippen LogP contribution is -2.58. The summed E-state index contributed by atoms with van der Waals surface area (Å²) in [6.45, 7) is 1.97. The molecule has 0 saturated carbocycles. The van der Waals surface area contributed by atoms with Crippen LogP contribution in [0.25, 0.3) is 0 Å². The van der Waals surface area contributed by atoms with E-state index in [2.05, 4.69) is 19.1 Å². The average molecular weight is 445 g/mol. The minimum atomic E-state index is -1.62. The Morgan fingerprint density at radius 1 is 0.774 bits per heavy atom. The molecule has 1 fully saturated rings. The zero-order valence-corrected chi connectivity index (χ0v) is 19.2. The molecule has 1 rings (SSSR count). The quantitative estimate of drug-likeness (QED) is 0.154. The first kappa shape index (κ1) is 28.0. The average Bonchev–Trinajstić information content (AvgIpc) is 2.76. The van der Waals surface area contributed by atoms with Gasteiger partial charge in [-0.2, -0.15) is 0 Å². The molecule has 0 aromatic carbocycles. The fourth-order valence-corrected chi connectivity index (χ4v) is 3.66. The number of aliphatic hydroxyl groups excluding tert-OH is 4. The minimum absolute atomic E-state index is 0.272. The zero-order valence-electron chi connectivity index (χ0n) is 19.2. The number of esters is 1. The Hall–Kier alpha value is -0.990. The maximum Gasteiger partial charge on any atom is 0.305 e. The second-order valence-corrected chi connectivity index (χ2v) is 8.55. The van der Waals surface area contributed by atoms with Crippen molar-refractivity contribution in [1.29, 1.82) is 0 Å². The van der Waals surface area contributed by atoms with Crippen molar-refractivity contribution in [1.82, 2.24) is 0 Å². The Morgan fingerprint density at radius 2 is 1.32 bits per heavy atom. The van der Waals surface area contributed by atoms with Crippen molar-refractivity contribution in [3.8, 4) is 0 Å². The summed E-state index contributed by atoms with van der Waals surface area (Å²) in [6, 6.07) is 0. The number of ether oxygens (including phenoxy) is 2. The van der Waals surface area contributed by atoms with Crippen molar-refractivity contribution in [3.05, 3.63) is 12.2 Å². The first-order valence-corrected chi connectivity index (χ1v) is 12.2. The van der Waals surface area contributed by atoms with Gasteiger partial charge in [0.05, 0.1) is 0 Å². The third-order valence-corrected chi connectivity index (χ3v) is 5.74. The van der Waals surface area contributed by atoms with Crippen LogP contribution in [-0.2, 0) is 14.3 Å². The van der Waals surface area contributed by atoms with Crippen molar-refractivity contribution in [2.24, 2.45) is 0 Å². The van der Waals surface area contributed by atoms with Gasteiger partial charge in [-0.05, 0) is 32.1 Å². The molecule has 0 radical (unpaired) electrons. The van der Waals surface area contributed by atoms with E-state index in [1.807, 2.05) is 0 Å². The number of rotatable bonds is 17. The molecule has 7 heteroatoms. The molecule has 182 valence electrons. The fourth-order valence-electron chi connectivity index (χ4n) is 3.66. The summed E-state index contributed by atoms with van der Waals surface area (Å²) in [5.74, 6) is -0.400. The summed E-state index contributed by atoms with van der Waals surface area (Å²) in [7, 11) is 0. The lowest BCUT2D eigenvalue weighted by Gasteiger charge is -2.37. The molecule has 0 aromatic heterocycles. The number of hydrogen-bond donors (Lipinski definition) is 4. The summed E-state index contributed by atoms with van der Waals surface area (Å²) in [5, 5.41) is 38.3. The Labute approximate surface area is 187 Å². The smallest absolute Gasteiger partial charge is 0.305 e. The lowest BCUT2D eigenvalue weighted by atomic mass is 9.99. The topological polar surface area (TPSA) is 116 Å². The van der Waals surface area contributed by atoms with Crippen molar-refractivity contribution < 1.29 is 34.7 Å². The van der Waals surface area contributed by atoms with Gasteiger partial charge in [0.25, 0.3) is 0 Å². The molecular weight excluding hydrogens is 400 g/mol. The molecule has 0 aromatic rings. The summed E-state index contributed by atoms with van der Waals surface area (Å²) in [4.78, 5) is 11.8. The molecule has 0 aliphatic carbocycles. The van der Waals surface area contributed by atoms with Crippen LogP contribution in [0.3, 0.4) is 0 Å². The van der Waals surface area contributed by atoms with Gasteiger partial charge in [-0.1, -0.05) is 70.4 Å². The first-order valence-electron chi connectivity index (χ1n) is 12.2. The zero-order chi connectivity index (χ0) is 22.9. The third kappa shape index (κ3) is 12.6. The van der Waals surface area contributed by atoms with Crippen LogP contribution in [0.4, 0.5) is 0 Å². The molecule has 7 nitrogen and oxygen atoms in total. The number of allylic oxidation sites excluding steroid dienone is 2. The van der Waals surface area contributed by atoms with Gasteiger partial charge >= 0.3 is 5.97 Å². The first-order chi connectivity index (χ1) is 15.0. The van der Waals surface area contributed by atoms with Gasteiger partial charge in [-0.25, -0.2) is 0 Å². The van der Waals surface area contributed by atoms with E-state index in [1.165, 1.54) is 51.4 Å². The van der Waals surface area contributed by atoms with E-state index in [0.29, 0.717) is 0 Å². The van der Waals surface area contributed by atoms with Gasteiger partial charge in [0.1, 0.15) is 31.0 Å². The normalized spacial score (nSPS) is 26.4. The Balaban J connectivity index is 1.93. The molecule has 0 spiro atoms. The highest BCUT2D eigenvalue weighted by molar-refractivity contribution is 5.69. The SMILES string of the molecule is CCCCCCCC/C=C\CCCCCCCC(=O)OC[C@H]1OC(O)[C@H](O)[C@@H](O)[C@@H]1O. The minimum Gasteiger partial charge on any atom is -0.463 e. The highest BCUT2D eigenvalue weighted by atomic mass is 16.6. The van der Waals surface area contributed by atoms with Crippen LogP contribution in [0.2, 0.25) is 0 Å². The molecule has 4 N–H and O–H groups in total. The van der Waals surface area contributed by atoms with E-state index in [1.54, 1.807) is 0 Å². The van der Waals surface area contributed by atoms with Crippen molar-refractivity contribution in [3.63, 3.8) is 0 Å². The second-order valence-electron chi connectivity index (χ2n) is 8.55. The van der Waals surface area contributed by atoms with Gasteiger partial charge in [-0.3, -0.25) is 4.79 Å². The van der Waals surface area contributed by atoms with Gasteiger partial charge in [0.2, 0.25) is 0 Å². The summed E-state index contributed by atoms with van der Waals surface area (Å²) >= 11 is 0. The number of carbonyl (C=O) groups is 1. The summed E-state index contributed by atoms with van der Waals surface area (Å²) < 4.78 is 10.0. The van der Waals surface area contributed by atoms with E-state index < -0.39 is 36.7 Å². The number of carbonyl (C=O) groups excluding carboxylic acids is 1. The van der Waals surface area contributed by atoms with Crippen LogP contribution in [0, 0.1) is 0 Å². The number of unbranched alkanes of at least 4 members (excludes halogenated alkanes) is 11. The van der Waals surface area contributed by atoms with E-state index in [9.17, 15) is 25.2 Å². The van der Waals surface area contributed by atoms with E-state index in [0.717, 1.165) is 32.1 Å². The monoisotopic (exact) mass is 444 g/mol. The highest BCUT2D eigenvalue weighted by Crippen LogP contribution is 2.20. The van der Waals surface area contributed by atoms with E-state index in [4.69, 9.17) is 9.47 Å². The predicted octanol–water partition coefficient (Wildman–Crippen LogP) is 3.37. The molecule has 0 amide bonds. The Bertz CT molecular complexity index is 483. The Morgan fingerprint density at radius 3 is 1.94 bits per heavy atom. The van der Waals surface area contributed by atoms with Crippen molar-refractivity contribution in [2.75, 3.05) is 6.61 Å². The van der Waals surface area contributed by atoms with Crippen LogP contribution >= 0.6 is 0 Å². The molecule has 1 unspecified atom stereocenters. The number of hydrogen-bond acceptors (Lipinski definition) is 7. The molecule has 1 heterocycles. The second kappa shape index (κ2) is 17.6. The predicted molar refractivity (Wildman–Crippen MR) is 119 cm³/mol. The molecule has 1 saturated heterocycles. The molecule has 1 aliphatic rings. The van der Waals surface area contributed by atoms with Crippen LogP contribution in [0.1, 0.15) is 96.8 Å². The third-order valence-electron chi connectivity index (χ3n) is 5.74. The van der Waals surface area contributed by atoms with Gasteiger partial charge < -0.3 is 29.9 Å².